The third kappa shape index (κ3) is 3.36. The van der Waals surface area contributed by atoms with Gasteiger partial charge in [0, 0.05) is 27.8 Å². The molecule has 0 radical (unpaired) electrons. The summed E-state index contributed by atoms with van der Waals surface area (Å²) in [4.78, 5) is 12.4. The second-order valence-electron chi connectivity index (χ2n) is 5.60. The van der Waals surface area contributed by atoms with Gasteiger partial charge in [0.1, 0.15) is 5.82 Å². The van der Waals surface area contributed by atoms with Crippen molar-refractivity contribution in [2.24, 2.45) is 0 Å². The number of carbonyl (C=O) groups is 1. The first-order valence-corrected chi connectivity index (χ1v) is 9.31. The maximum absolute atomic E-state index is 12.4. The Bertz CT molecular complexity index is 909. The van der Waals surface area contributed by atoms with Crippen molar-refractivity contribution in [2.75, 3.05) is 10.6 Å². The SMILES string of the molecule is O=C(Nc1ccc(Cl)cc1)Nc1c2c(nn1-c1ccccc1)CSC2. The number of nitrogens with zero attached hydrogens (tertiary/aromatic N) is 2. The largest absolute Gasteiger partial charge is 0.324 e. The average molecular weight is 371 g/mol. The van der Waals surface area contributed by atoms with Crippen LogP contribution in [0.15, 0.2) is 54.6 Å². The van der Waals surface area contributed by atoms with Crippen LogP contribution in [-0.4, -0.2) is 15.8 Å². The molecule has 4 rings (SSSR count). The molecule has 0 aliphatic carbocycles. The van der Waals surface area contributed by atoms with E-state index in [9.17, 15) is 4.79 Å². The molecule has 1 aromatic heterocycles. The number of amides is 2. The quantitative estimate of drug-likeness (QED) is 0.688. The molecule has 5 nitrogen and oxygen atoms in total. The minimum Gasteiger partial charge on any atom is -0.308 e. The van der Waals surface area contributed by atoms with Crippen LogP contribution in [0.2, 0.25) is 5.02 Å². The van der Waals surface area contributed by atoms with Gasteiger partial charge in [-0.15, -0.1) is 0 Å². The normalized spacial score (nSPS) is 12.7. The molecule has 3 aromatic rings. The maximum atomic E-state index is 12.4. The molecular formula is C18H15ClN4OS. The van der Waals surface area contributed by atoms with Crippen molar-refractivity contribution in [3.63, 3.8) is 0 Å². The van der Waals surface area contributed by atoms with Gasteiger partial charge in [-0.2, -0.15) is 16.9 Å². The van der Waals surface area contributed by atoms with Crippen LogP contribution in [0, 0.1) is 0 Å². The van der Waals surface area contributed by atoms with E-state index in [4.69, 9.17) is 11.6 Å². The average Bonchev–Trinajstić information content (AvgIpc) is 3.20. The number of hydrogen-bond donors (Lipinski definition) is 2. The van der Waals surface area contributed by atoms with Crippen molar-refractivity contribution in [1.29, 1.82) is 0 Å². The molecule has 2 amide bonds. The van der Waals surface area contributed by atoms with Gasteiger partial charge in [-0.05, 0) is 36.4 Å². The summed E-state index contributed by atoms with van der Waals surface area (Å²) in [6.45, 7) is 0. The van der Waals surface area contributed by atoms with Crippen molar-refractivity contribution in [2.45, 2.75) is 11.5 Å². The molecular weight excluding hydrogens is 356 g/mol. The predicted octanol–water partition coefficient (Wildman–Crippen LogP) is 4.92. The Morgan fingerprint density at radius 1 is 1.04 bits per heavy atom. The van der Waals surface area contributed by atoms with Crippen molar-refractivity contribution >= 4 is 40.9 Å². The summed E-state index contributed by atoms with van der Waals surface area (Å²) in [5.41, 5.74) is 3.71. The molecule has 7 heteroatoms. The lowest BCUT2D eigenvalue weighted by Crippen LogP contribution is -2.22. The minimum atomic E-state index is -0.306. The molecule has 1 aliphatic rings. The van der Waals surface area contributed by atoms with E-state index in [1.54, 1.807) is 40.7 Å². The maximum Gasteiger partial charge on any atom is 0.324 e. The van der Waals surface area contributed by atoms with Gasteiger partial charge in [-0.3, -0.25) is 5.32 Å². The highest BCUT2D eigenvalue weighted by Gasteiger charge is 2.24. The fourth-order valence-corrected chi connectivity index (χ4v) is 3.86. The second-order valence-corrected chi connectivity index (χ2v) is 7.02. The first-order valence-electron chi connectivity index (χ1n) is 7.78. The number of thioether (sulfide) groups is 1. The molecule has 2 heterocycles. The van der Waals surface area contributed by atoms with E-state index in [2.05, 4.69) is 15.7 Å². The highest BCUT2D eigenvalue weighted by molar-refractivity contribution is 7.98. The Hall–Kier alpha value is -2.44. The van der Waals surface area contributed by atoms with Crippen LogP contribution >= 0.6 is 23.4 Å². The van der Waals surface area contributed by atoms with Gasteiger partial charge in [0.15, 0.2) is 0 Å². The molecule has 0 fully saturated rings. The molecule has 0 bridgehead atoms. The van der Waals surface area contributed by atoms with E-state index in [1.165, 1.54) is 0 Å². The summed E-state index contributed by atoms with van der Waals surface area (Å²) in [5.74, 6) is 2.43. The molecule has 0 unspecified atom stereocenters. The van der Waals surface area contributed by atoms with Gasteiger partial charge in [0.25, 0.3) is 0 Å². The Balaban J connectivity index is 1.61. The van der Waals surface area contributed by atoms with Crippen LogP contribution in [0.25, 0.3) is 5.69 Å². The second kappa shape index (κ2) is 6.82. The Morgan fingerprint density at radius 2 is 1.80 bits per heavy atom. The lowest BCUT2D eigenvalue weighted by Gasteiger charge is -2.12. The molecule has 0 atom stereocenters. The van der Waals surface area contributed by atoms with Crippen LogP contribution in [0.3, 0.4) is 0 Å². The zero-order valence-corrected chi connectivity index (χ0v) is 14.8. The number of aromatic nitrogens is 2. The highest BCUT2D eigenvalue weighted by Crippen LogP contribution is 2.36. The lowest BCUT2D eigenvalue weighted by molar-refractivity contribution is 0.262. The molecule has 2 N–H and O–H groups in total. The van der Waals surface area contributed by atoms with Crippen LogP contribution in [0.1, 0.15) is 11.3 Å². The molecule has 1 aliphatic heterocycles. The van der Waals surface area contributed by atoms with Crippen LogP contribution in [0.4, 0.5) is 16.3 Å². The molecule has 0 saturated heterocycles. The van der Waals surface area contributed by atoms with Crippen LogP contribution < -0.4 is 10.6 Å². The molecule has 2 aromatic carbocycles. The molecule has 25 heavy (non-hydrogen) atoms. The third-order valence-corrected chi connectivity index (χ3v) is 5.11. The van der Waals surface area contributed by atoms with Gasteiger partial charge in [-0.1, -0.05) is 29.8 Å². The van der Waals surface area contributed by atoms with E-state index in [-0.39, 0.29) is 6.03 Å². The lowest BCUT2D eigenvalue weighted by atomic mass is 10.2. The van der Waals surface area contributed by atoms with E-state index in [1.807, 2.05) is 30.3 Å². The standard InChI is InChI=1S/C18H15ClN4OS/c19-12-6-8-13(9-7-12)20-18(24)21-17-15-10-25-11-16(15)22-23(17)14-4-2-1-3-5-14/h1-9H,10-11H2,(H2,20,21,24). The first-order chi connectivity index (χ1) is 12.2. The first kappa shape index (κ1) is 16.1. The van der Waals surface area contributed by atoms with Crippen molar-refractivity contribution in [3.8, 4) is 5.69 Å². The van der Waals surface area contributed by atoms with Gasteiger partial charge in [0.2, 0.25) is 0 Å². The number of carbonyl (C=O) groups excluding carboxylic acids is 1. The summed E-state index contributed by atoms with van der Waals surface area (Å²) in [6, 6.07) is 16.5. The number of urea groups is 1. The van der Waals surface area contributed by atoms with Crippen molar-refractivity contribution < 1.29 is 4.79 Å². The monoisotopic (exact) mass is 370 g/mol. The van der Waals surface area contributed by atoms with E-state index < -0.39 is 0 Å². The van der Waals surface area contributed by atoms with E-state index in [0.717, 1.165) is 34.3 Å². The van der Waals surface area contributed by atoms with E-state index in [0.29, 0.717) is 10.7 Å². The van der Waals surface area contributed by atoms with Gasteiger partial charge in [-0.25, -0.2) is 9.48 Å². The zero-order valence-electron chi connectivity index (χ0n) is 13.2. The number of hydrogen-bond acceptors (Lipinski definition) is 3. The number of para-hydroxylation sites is 1. The minimum absolute atomic E-state index is 0.306. The number of fused-ring (bicyclic) bond motifs is 1. The fraction of sp³-hybridized carbons (Fsp3) is 0.111. The Morgan fingerprint density at radius 3 is 2.56 bits per heavy atom. The molecule has 126 valence electrons. The third-order valence-electron chi connectivity index (χ3n) is 3.89. The summed E-state index contributed by atoms with van der Waals surface area (Å²) < 4.78 is 1.80. The Kier molecular flexibility index (Phi) is 4.38. The molecule has 0 saturated carbocycles. The van der Waals surface area contributed by atoms with Gasteiger partial charge in [0.05, 0.1) is 11.4 Å². The fourth-order valence-electron chi connectivity index (χ4n) is 2.70. The van der Waals surface area contributed by atoms with Crippen molar-refractivity contribution in [1.82, 2.24) is 9.78 Å². The van der Waals surface area contributed by atoms with Crippen molar-refractivity contribution in [3.05, 3.63) is 70.9 Å². The van der Waals surface area contributed by atoms with Gasteiger partial charge < -0.3 is 5.32 Å². The summed E-state index contributed by atoms with van der Waals surface area (Å²) in [7, 11) is 0. The highest BCUT2D eigenvalue weighted by atomic mass is 35.5. The molecule has 0 spiro atoms. The summed E-state index contributed by atoms with van der Waals surface area (Å²) in [5, 5.41) is 11.1. The van der Waals surface area contributed by atoms with Gasteiger partial charge >= 0.3 is 6.03 Å². The summed E-state index contributed by atoms with van der Waals surface area (Å²) >= 11 is 7.67. The number of benzene rings is 2. The zero-order chi connectivity index (χ0) is 17.2. The smallest absolute Gasteiger partial charge is 0.308 e. The van der Waals surface area contributed by atoms with Crippen LogP contribution in [-0.2, 0) is 11.5 Å². The Labute approximate surface area is 154 Å². The van der Waals surface area contributed by atoms with E-state index >= 15 is 0 Å². The topological polar surface area (TPSA) is 59.0 Å². The number of halogens is 1. The summed E-state index contributed by atoms with van der Waals surface area (Å²) in [6.07, 6.45) is 0. The van der Waals surface area contributed by atoms with Crippen LogP contribution in [0.5, 0.6) is 0 Å². The number of anilines is 2. The number of rotatable bonds is 3. The number of nitrogens with one attached hydrogen (secondary N) is 2. The predicted molar refractivity (Wildman–Crippen MR) is 103 cm³/mol.